The van der Waals surface area contributed by atoms with Crippen molar-refractivity contribution in [3.63, 3.8) is 0 Å². The van der Waals surface area contributed by atoms with Gasteiger partial charge >= 0.3 is 6.03 Å². The van der Waals surface area contributed by atoms with Gasteiger partial charge in [-0.15, -0.1) is 0 Å². The van der Waals surface area contributed by atoms with Crippen molar-refractivity contribution >= 4 is 11.9 Å². The Morgan fingerprint density at radius 2 is 2.04 bits per heavy atom. The molecule has 0 radical (unpaired) electrons. The lowest BCUT2D eigenvalue weighted by Crippen LogP contribution is -2.43. The van der Waals surface area contributed by atoms with Crippen LogP contribution in [0.2, 0.25) is 0 Å². The van der Waals surface area contributed by atoms with Crippen molar-refractivity contribution in [1.29, 1.82) is 0 Å². The van der Waals surface area contributed by atoms with Crippen LogP contribution in [0, 0.1) is 0 Å². The van der Waals surface area contributed by atoms with Crippen molar-refractivity contribution in [2.45, 2.75) is 71.0 Å². The lowest BCUT2D eigenvalue weighted by atomic mass is 10.0. The highest BCUT2D eigenvalue weighted by atomic mass is 16.5. The minimum atomic E-state index is -0.0669. The van der Waals surface area contributed by atoms with Gasteiger partial charge in [0, 0.05) is 24.1 Å². The zero-order valence-corrected chi connectivity index (χ0v) is 16.4. The van der Waals surface area contributed by atoms with Gasteiger partial charge in [0.15, 0.2) is 0 Å². The lowest BCUT2D eigenvalue weighted by Gasteiger charge is -2.22. The third-order valence-corrected chi connectivity index (χ3v) is 5.17. The molecular formula is C21H31N3O3. The van der Waals surface area contributed by atoms with Gasteiger partial charge in [-0.1, -0.05) is 25.0 Å². The Kier molecular flexibility index (Phi) is 6.58. The summed E-state index contributed by atoms with van der Waals surface area (Å²) in [6, 6.07) is 6.45. The fraction of sp³-hybridized carbons (Fsp3) is 0.619. The maximum Gasteiger partial charge on any atom is 0.318 e. The second kappa shape index (κ2) is 9.11. The quantitative estimate of drug-likeness (QED) is 0.834. The summed E-state index contributed by atoms with van der Waals surface area (Å²) in [6.45, 7) is 5.48. The zero-order chi connectivity index (χ0) is 19.2. The van der Waals surface area contributed by atoms with Gasteiger partial charge in [-0.25, -0.2) is 4.79 Å². The predicted molar refractivity (Wildman–Crippen MR) is 105 cm³/mol. The fourth-order valence-electron chi connectivity index (χ4n) is 3.74. The van der Waals surface area contributed by atoms with E-state index in [-0.39, 0.29) is 18.0 Å². The number of hydrogen-bond acceptors (Lipinski definition) is 3. The number of aryl methyl sites for hydroxylation is 1. The summed E-state index contributed by atoms with van der Waals surface area (Å²) in [5, 5.41) is 6.08. The van der Waals surface area contributed by atoms with Crippen LogP contribution in [0.25, 0.3) is 0 Å². The van der Waals surface area contributed by atoms with E-state index in [1.807, 2.05) is 26.0 Å². The molecule has 0 unspecified atom stereocenters. The average Bonchev–Trinajstić information content (AvgIpc) is 3.03. The number of rotatable bonds is 5. The van der Waals surface area contributed by atoms with Gasteiger partial charge in [-0.05, 0) is 44.7 Å². The second-order valence-corrected chi connectivity index (χ2v) is 7.87. The van der Waals surface area contributed by atoms with Crippen LogP contribution < -0.4 is 15.4 Å². The largest absolute Gasteiger partial charge is 0.491 e. The van der Waals surface area contributed by atoms with Crippen LogP contribution in [0.3, 0.4) is 0 Å². The molecule has 2 aliphatic rings. The van der Waals surface area contributed by atoms with Crippen molar-refractivity contribution in [2.24, 2.45) is 0 Å². The number of nitrogens with one attached hydrogen (secondary N) is 2. The number of fused-ring (bicyclic) bond motifs is 1. The van der Waals surface area contributed by atoms with Crippen LogP contribution in [-0.4, -0.2) is 42.1 Å². The molecule has 6 nitrogen and oxygen atoms in total. The average molecular weight is 373 g/mol. The molecule has 0 spiro atoms. The van der Waals surface area contributed by atoms with Crippen molar-refractivity contribution in [2.75, 3.05) is 13.2 Å². The third kappa shape index (κ3) is 5.62. The number of benzene rings is 1. The number of ether oxygens (including phenoxy) is 1. The molecule has 1 aliphatic carbocycles. The first-order valence-corrected chi connectivity index (χ1v) is 10.1. The Morgan fingerprint density at radius 1 is 1.26 bits per heavy atom. The first kappa shape index (κ1) is 19.5. The summed E-state index contributed by atoms with van der Waals surface area (Å²) in [4.78, 5) is 26.3. The van der Waals surface area contributed by atoms with E-state index in [1.54, 1.807) is 4.90 Å². The first-order valence-electron chi connectivity index (χ1n) is 10.1. The van der Waals surface area contributed by atoms with Gasteiger partial charge in [0.2, 0.25) is 5.91 Å². The van der Waals surface area contributed by atoms with Gasteiger partial charge in [-0.3, -0.25) is 4.79 Å². The number of urea groups is 1. The topological polar surface area (TPSA) is 70.7 Å². The van der Waals surface area contributed by atoms with Gasteiger partial charge in [0.25, 0.3) is 0 Å². The van der Waals surface area contributed by atoms with Crippen molar-refractivity contribution in [3.05, 3.63) is 29.3 Å². The van der Waals surface area contributed by atoms with E-state index in [9.17, 15) is 9.59 Å². The second-order valence-electron chi connectivity index (χ2n) is 7.87. The fourth-order valence-corrected chi connectivity index (χ4v) is 3.74. The molecule has 0 atom stereocenters. The third-order valence-electron chi connectivity index (χ3n) is 5.17. The van der Waals surface area contributed by atoms with Crippen LogP contribution >= 0.6 is 0 Å². The normalized spacial score (nSPS) is 17.2. The minimum absolute atomic E-state index is 0.0669. The van der Waals surface area contributed by atoms with Gasteiger partial charge in [0.1, 0.15) is 12.4 Å². The molecule has 6 heteroatoms. The van der Waals surface area contributed by atoms with Crippen molar-refractivity contribution in [1.82, 2.24) is 15.5 Å². The van der Waals surface area contributed by atoms with Crippen LogP contribution in [-0.2, 0) is 17.8 Å². The zero-order valence-electron chi connectivity index (χ0n) is 16.4. The van der Waals surface area contributed by atoms with Gasteiger partial charge in [0.05, 0.1) is 13.1 Å². The minimum Gasteiger partial charge on any atom is -0.491 e. The molecule has 27 heavy (non-hydrogen) atoms. The lowest BCUT2D eigenvalue weighted by molar-refractivity contribution is -0.121. The molecular weight excluding hydrogens is 342 g/mol. The highest BCUT2D eigenvalue weighted by molar-refractivity contribution is 5.76. The highest BCUT2D eigenvalue weighted by Crippen LogP contribution is 2.25. The number of carbonyl (C=O) groups excluding carboxylic acids is 2. The Bertz CT molecular complexity index is 669. The molecule has 0 bridgehead atoms. The van der Waals surface area contributed by atoms with Crippen LogP contribution in [0.5, 0.6) is 5.75 Å². The van der Waals surface area contributed by atoms with Gasteiger partial charge < -0.3 is 20.3 Å². The Hall–Kier alpha value is -2.24. The van der Waals surface area contributed by atoms with E-state index in [0.29, 0.717) is 38.6 Å². The SMILES string of the molecule is CC(C)NC(=O)N1CCOc2ccc(CCC(=O)NC3CCCC3)cc2C1. The molecule has 1 saturated carbocycles. The molecule has 0 saturated heterocycles. The molecule has 0 aromatic heterocycles. The van der Waals surface area contributed by atoms with E-state index in [2.05, 4.69) is 16.7 Å². The van der Waals surface area contributed by atoms with E-state index >= 15 is 0 Å². The van der Waals surface area contributed by atoms with E-state index < -0.39 is 0 Å². The number of nitrogens with zero attached hydrogens (tertiary/aromatic N) is 1. The first-order chi connectivity index (χ1) is 13.0. The highest BCUT2D eigenvalue weighted by Gasteiger charge is 2.21. The Labute approximate surface area is 161 Å². The Balaban J connectivity index is 1.58. The monoisotopic (exact) mass is 373 g/mol. The van der Waals surface area contributed by atoms with E-state index in [0.717, 1.165) is 29.7 Å². The molecule has 148 valence electrons. The molecule has 3 rings (SSSR count). The summed E-state index contributed by atoms with van der Waals surface area (Å²) in [5.74, 6) is 0.958. The number of amides is 3. The summed E-state index contributed by atoms with van der Waals surface area (Å²) >= 11 is 0. The standard InChI is InChI=1S/C21H31N3O3/c1-15(2)22-21(26)24-11-12-27-19-9-7-16(13-17(19)14-24)8-10-20(25)23-18-5-3-4-6-18/h7,9,13,15,18H,3-6,8,10-12,14H2,1-2H3,(H,22,26)(H,23,25). The molecule has 1 heterocycles. The maximum absolute atomic E-state index is 12.3. The smallest absolute Gasteiger partial charge is 0.318 e. The summed E-state index contributed by atoms with van der Waals surface area (Å²) in [6.07, 6.45) is 5.84. The maximum atomic E-state index is 12.3. The summed E-state index contributed by atoms with van der Waals surface area (Å²) < 4.78 is 5.80. The molecule has 3 amide bonds. The predicted octanol–water partition coefficient (Wildman–Crippen LogP) is 2.99. The van der Waals surface area contributed by atoms with Crippen LogP contribution in [0.15, 0.2) is 18.2 Å². The molecule has 1 aromatic rings. The molecule has 2 N–H and O–H groups in total. The van der Waals surface area contributed by atoms with Crippen LogP contribution in [0.4, 0.5) is 4.79 Å². The molecule has 1 aromatic carbocycles. The molecule has 1 fully saturated rings. The molecule has 1 aliphatic heterocycles. The Morgan fingerprint density at radius 3 is 2.78 bits per heavy atom. The van der Waals surface area contributed by atoms with Crippen molar-refractivity contribution in [3.8, 4) is 5.75 Å². The summed E-state index contributed by atoms with van der Waals surface area (Å²) in [5.41, 5.74) is 2.10. The summed E-state index contributed by atoms with van der Waals surface area (Å²) in [7, 11) is 0. The van der Waals surface area contributed by atoms with E-state index in [1.165, 1.54) is 12.8 Å². The van der Waals surface area contributed by atoms with Gasteiger partial charge in [-0.2, -0.15) is 0 Å². The number of carbonyl (C=O) groups is 2. The van der Waals surface area contributed by atoms with Crippen molar-refractivity contribution < 1.29 is 14.3 Å². The van der Waals surface area contributed by atoms with Crippen LogP contribution in [0.1, 0.15) is 57.1 Å². The number of hydrogen-bond donors (Lipinski definition) is 2. The van der Waals surface area contributed by atoms with E-state index in [4.69, 9.17) is 4.74 Å².